The quantitative estimate of drug-likeness (QED) is 0.816. The van der Waals surface area contributed by atoms with E-state index in [2.05, 4.69) is 4.98 Å². The lowest BCUT2D eigenvalue weighted by Gasteiger charge is -1.96. The van der Waals surface area contributed by atoms with E-state index >= 15 is 0 Å². The second-order valence-electron chi connectivity index (χ2n) is 3.85. The van der Waals surface area contributed by atoms with Crippen LogP contribution in [0.25, 0.3) is 11.5 Å². The molecule has 0 saturated carbocycles. The van der Waals surface area contributed by atoms with E-state index in [4.69, 9.17) is 10.2 Å². The Morgan fingerprint density at radius 1 is 1.28 bits per heavy atom. The van der Waals surface area contributed by atoms with E-state index in [1.807, 2.05) is 0 Å². The molecular weight excluding hydrogens is 251 g/mol. The Hall–Kier alpha value is -1.33. The minimum atomic E-state index is -0.261. The molecule has 0 aliphatic carbocycles. The van der Waals surface area contributed by atoms with E-state index < -0.39 is 0 Å². The topological polar surface area (TPSA) is 52.0 Å². The number of rotatable bonds is 6. The fourth-order valence-corrected chi connectivity index (χ4v) is 2.32. The van der Waals surface area contributed by atoms with E-state index in [9.17, 15) is 4.39 Å². The molecule has 0 saturated heterocycles. The molecule has 0 spiro atoms. The average Bonchev–Trinajstić information content (AvgIpc) is 2.84. The number of nitrogens with zero attached hydrogens (tertiary/aromatic N) is 1. The molecule has 1 heterocycles. The molecule has 0 radical (unpaired) electrons. The van der Waals surface area contributed by atoms with Crippen LogP contribution in [0.2, 0.25) is 0 Å². The van der Waals surface area contributed by atoms with Crippen LogP contribution in [0.15, 0.2) is 34.9 Å². The van der Waals surface area contributed by atoms with Gasteiger partial charge in [0.05, 0.1) is 5.69 Å². The normalized spacial score (nSPS) is 10.8. The van der Waals surface area contributed by atoms with Crippen LogP contribution in [0.4, 0.5) is 4.39 Å². The van der Waals surface area contributed by atoms with Crippen LogP contribution in [-0.4, -0.2) is 17.3 Å². The van der Waals surface area contributed by atoms with Gasteiger partial charge in [0.15, 0.2) is 0 Å². The Morgan fingerprint density at radius 2 is 2.06 bits per heavy atom. The SMILES string of the molecule is NCCCSCc1coc(-c2ccc(F)cc2)n1. The summed E-state index contributed by atoms with van der Waals surface area (Å²) in [5.74, 6) is 2.10. The zero-order valence-corrected chi connectivity index (χ0v) is 10.8. The molecule has 3 nitrogen and oxygen atoms in total. The summed E-state index contributed by atoms with van der Waals surface area (Å²) in [6.45, 7) is 0.715. The maximum atomic E-state index is 12.8. The van der Waals surface area contributed by atoms with Gasteiger partial charge in [-0.1, -0.05) is 0 Å². The molecule has 18 heavy (non-hydrogen) atoms. The first-order chi connectivity index (χ1) is 8.79. The molecule has 2 N–H and O–H groups in total. The molecule has 0 fully saturated rings. The summed E-state index contributed by atoms with van der Waals surface area (Å²) in [5.41, 5.74) is 7.11. The van der Waals surface area contributed by atoms with E-state index in [1.54, 1.807) is 30.2 Å². The Balaban J connectivity index is 1.95. The van der Waals surface area contributed by atoms with Gasteiger partial charge in [0.2, 0.25) is 5.89 Å². The highest BCUT2D eigenvalue weighted by Crippen LogP contribution is 2.21. The fraction of sp³-hybridized carbons (Fsp3) is 0.308. The van der Waals surface area contributed by atoms with Gasteiger partial charge in [-0.05, 0) is 43.0 Å². The van der Waals surface area contributed by atoms with Crippen LogP contribution in [0.3, 0.4) is 0 Å². The molecule has 0 atom stereocenters. The first-order valence-corrected chi connectivity index (χ1v) is 6.93. The molecule has 96 valence electrons. The Labute approximate surface area is 110 Å². The zero-order valence-electron chi connectivity index (χ0n) is 9.93. The minimum absolute atomic E-state index is 0.261. The van der Waals surface area contributed by atoms with Crippen LogP contribution in [0, 0.1) is 5.82 Å². The smallest absolute Gasteiger partial charge is 0.226 e. The van der Waals surface area contributed by atoms with Crippen LogP contribution in [0.1, 0.15) is 12.1 Å². The van der Waals surface area contributed by atoms with Gasteiger partial charge in [-0.3, -0.25) is 0 Å². The number of hydrogen-bond acceptors (Lipinski definition) is 4. The molecule has 2 rings (SSSR count). The number of halogens is 1. The highest BCUT2D eigenvalue weighted by molar-refractivity contribution is 7.98. The summed E-state index contributed by atoms with van der Waals surface area (Å²) in [5, 5.41) is 0. The van der Waals surface area contributed by atoms with Crippen LogP contribution >= 0.6 is 11.8 Å². The third-order valence-corrected chi connectivity index (χ3v) is 3.46. The summed E-state index contributed by atoms with van der Waals surface area (Å²) >= 11 is 1.78. The highest BCUT2D eigenvalue weighted by atomic mass is 32.2. The van der Waals surface area contributed by atoms with Crippen molar-refractivity contribution in [2.45, 2.75) is 12.2 Å². The zero-order chi connectivity index (χ0) is 12.8. The molecule has 0 aliphatic heterocycles. The fourth-order valence-electron chi connectivity index (χ4n) is 1.46. The average molecular weight is 266 g/mol. The minimum Gasteiger partial charge on any atom is -0.444 e. The third kappa shape index (κ3) is 3.58. The number of benzene rings is 1. The standard InChI is InChI=1S/C13H15FN2OS/c14-11-4-2-10(3-5-11)13-16-12(8-17-13)9-18-7-1-6-15/h2-5,8H,1,6-7,9,15H2. The summed E-state index contributed by atoms with van der Waals surface area (Å²) < 4.78 is 18.2. The molecule has 1 aromatic carbocycles. The van der Waals surface area contributed by atoms with Gasteiger partial charge < -0.3 is 10.2 Å². The molecule has 0 aliphatic rings. The molecule has 5 heteroatoms. The largest absolute Gasteiger partial charge is 0.444 e. The third-order valence-electron chi connectivity index (χ3n) is 2.39. The summed E-state index contributed by atoms with van der Waals surface area (Å²) in [7, 11) is 0. The highest BCUT2D eigenvalue weighted by Gasteiger charge is 2.06. The van der Waals surface area contributed by atoms with Crippen molar-refractivity contribution in [1.82, 2.24) is 4.98 Å². The second kappa shape index (κ2) is 6.56. The predicted molar refractivity (Wildman–Crippen MR) is 71.7 cm³/mol. The van der Waals surface area contributed by atoms with Crippen LogP contribution < -0.4 is 5.73 Å². The number of aromatic nitrogens is 1. The molecule has 1 aromatic heterocycles. The molecular formula is C13H15FN2OS. The number of oxazole rings is 1. The monoisotopic (exact) mass is 266 g/mol. The van der Waals surface area contributed by atoms with Crippen LogP contribution in [-0.2, 0) is 5.75 Å². The van der Waals surface area contributed by atoms with Crippen molar-refractivity contribution in [3.05, 3.63) is 42.0 Å². The van der Waals surface area contributed by atoms with Crippen LogP contribution in [0.5, 0.6) is 0 Å². The predicted octanol–water partition coefficient (Wildman–Crippen LogP) is 3.06. The van der Waals surface area contributed by atoms with Crippen molar-refractivity contribution >= 4 is 11.8 Å². The van der Waals surface area contributed by atoms with Crippen molar-refractivity contribution in [1.29, 1.82) is 0 Å². The van der Waals surface area contributed by atoms with Crippen molar-refractivity contribution < 1.29 is 8.81 Å². The van der Waals surface area contributed by atoms with Gasteiger partial charge >= 0.3 is 0 Å². The number of thioether (sulfide) groups is 1. The van der Waals surface area contributed by atoms with Crippen molar-refractivity contribution in [2.75, 3.05) is 12.3 Å². The van der Waals surface area contributed by atoms with E-state index in [0.29, 0.717) is 12.4 Å². The maximum absolute atomic E-state index is 12.8. The van der Waals surface area contributed by atoms with Crippen molar-refractivity contribution in [2.24, 2.45) is 5.73 Å². The Morgan fingerprint density at radius 3 is 2.78 bits per heavy atom. The maximum Gasteiger partial charge on any atom is 0.226 e. The summed E-state index contributed by atoms with van der Waals surface area (Å²) in [6.07, 6.45) is 2.65. The van der Waals surface area contributed by atoms with Gasteiger partial charge in [0.25, 0.3) is 0 Å². The van der Waals surface area contributed by atoms with Gasteiger partial charge in [0.1, 0.15) is 12.1 Å². The summed E-state index contributed by atoms with van der Waals surface area (Å²) in [6, 6.07) is 6.11. The van der Waals surface area contributed by atoms with Gasteiger partial charge in [-0.25, -0.2) is 9.37 Å². The lowest BCUT2D eigenvalue weighted by molar-refractivity contribution is 0.573. The number of nitrogens with two attached hydrogens (primary N) is 1. The molecule has 0 unspecified atom stereocenters. The van der Waals surface area contributed by atoms with Crippen molar-refractivity contribution in [3.63, 3.8) is 0 Å². The molecule has 2 aromatic rings. The van der Waals surface area contributed by atoms with Gasteiger partial charge in [-0.2, -0.15) is 11.8 Å². The van der Waals surface area contributed by atoms with Crippen molar-refractivity contribution in [3.8, 4) is 11.5 Å². The Bertz CT molecular complexity index is 484. The first kappa shape index (κ1) is 13.1. The number of hydrogen-bond donors (Lipinski definition) is 1. The molecule has 0 amide bonds. The van der Waals surface area contributed by atoms with E-state index in [1.165, 1.54) is 12.1 Å². The van der Waals surface area contributed by atoms with Gasteiger partial charge in [0, 0.05) is 11.3 Å². The first-order valence-electron chi connectivity index (χ1n) is 5.78. The Kier molecular flexibility index (Phi) is 4.78. The van der Waals surface area contributed by atoms with E-state index in [0.717, 1.165) is 29.2 Å². The van der Waals surface area contributed by atoms with E-state index in [-0.39, 0.29) is 5.82 Å². The lowest BCUT2D eigenvalue weighted by atomic mass is 10.2. The second-order valence-corrected chi connectivity index (χ2v) is 4.95. The summed E-state index contributed by atoms with van der Waals surface area (Å²) in [4.78, 5) is 4.37. The molecule has 0 bridgehead atoms. The lowest BCUT2D eigenvalue weighted by Crippen LogP contribution is -1.99. The van der Waals surface area contributed by atoms with Gasteiger partial charge in [-0.15, -0.1) is 0 Å².